The summed E-state index contributed by atoms with van der Waals surface area (Å²) in [7, 11) is 0. The molecule has 3 aromatic heterocycles. The van der Waals surface area contributed by atoms with Gasteiger partial charge >= 0.3 is 5.97 Å². The third kappa shape index (κ3) is 6.20. The standard InChI is InChI=1S/C41H34Cl3N7O4/c42-24-9-10-27(29(44)18-24)37-28-17-25(43)19-30-33(28)34(38-35(46-21-51(37)38)22-6-2-1-3-7-22)36(47-30)40(53)48-31-16-23(41(54)55)20-45-39(31)49-14-11-26(12-15-49)50-13-5-4-8-32(50)52/h1-3,6-7,9-10,16-21,26,37,47H,4-5,8,11-15H2,(H,48,53)(H,54,55). The van der Waals surface area contributed by atoms with Crippen LogP contribution in [0.15, 0.2) is 79.3 Å². The average Bonchev–Trinajstić information content (AvgIpc) is 3.79. The number of carbonyl (C=O) groups excluding carboxylic acids is 2. The van der Waals surface area contributed by atoms with Gasteiger partial charge in [0.05, 0.1) is 35.0 Å². The monoisotopic (exact) mass is 793 g/mol. The number of amides is 2. The number of rotatable bonds is 7. The fraction of sp³-hybridized carbons (Fsp3) is 0.244. The van der Waals surface area contributed by atoms with Crippen molar-refractivity contribution in [1.29, 1.82) is 0 Å². The van der Waals surface area contributed by atoms with E-state index < -0.39 is 17.9 Å². The smallest absolute Gasteiger partial charge is 0.337 e. The molecule has 2 amide bonds. The number of aromatic carboxylic acids is 1. The van der Waals surface area contributed by atoms with E-state index in [1.165, 1.54) is 12.3 Å². The van der Waals surface area contributed by atoms with Crippen LogP contribution in [0.1, 0.15) is 70.1 Å². The summed E-state index contributed by atoms with van der Waals surface area (Å²) in [4.78, 5) is 56.5. The molecule has 1 unspecified atom stereocenters. The Hall–Kier alpha value is -5.36. The molecule has 55 heavy (non-hydrogen) atoms. The number of aromatic amines is 1. The second-order valence-corrected chi connectivity index (χ2v) is 15.5. The maximum atomic E-state index is 14.7. The summed E-state index contributed by atoms with van der Waals surface area (Å²) in [6.07, 6.45) is 7.05. The zero-order chi connectivity index (χ0) is 38.0. The zero-order valence-corrected chi connectivity index (χ0v) is 31.6. The molecule has 2 fully saturated rings. The minimum atomic E-state index is -1.17. The summed E-state index contributed by atoms with van der Waals surface area (Å²) in [5, 5.41) is 15.2. The van der Waals surface area contributed by atoms with Crippen molar-refractivity contribution < 1.29 is 19.5 Å². The molecule has 0 spiro atoms. The van der Waals surface area contributed by atoms with E-state index in [0.717, 1.165) is 54.3 Å². The van der Waals surface area contributed by atoms with Gasteiger partial charge in [0.2, 0.25) is 5.91 Å². The van der Waals surface area contributed by atoms with Gasteiger partial charge in [-0.15, -0.1) is 0 Å². The van der Waals surface area contributed by atoms with Gasteiger partial charge in [0.25, 0.3) is 5.91 Å². The number of aromatic nitrogens is 4. The van der Waals surface area contributed by atoms with Gasteiger partial charge < -0.3 is 29.8 Å². The lowest BCUT2D eigenvalue weighted by molar-refractivity contribution is -0.136. The third-order valence-electron chi connectivity index (χ3n) is 11.0. The number of fused-ring (bicyclic) bond motifs is 2. The molecule has 278 valence electrons. The third-order valence-corrected chi connectivity index (χ3v) is 11.7. The first kappa shape index (κ1) is 35.3. The van der Waals surface area contributed by atoms with Gasteiger partial charge in [-0.3, -0.25) is 9.59 Å². The number of hydrogen-bond donors (Lipinski definition) is 3. The van der Waals surface area contributed by atoms with Crippen LogP contribution in [0.4, 0.5) is 11.5 Å². The van der Waals surface area contributed by atoms with Crippen LogP contribution in [0.5, 0.6) is 0 Å². The van der Waals surface area contributed by atoms with Crippen LogP contribution in [0.3, 0.4) is 0 Å². The van der Waals surface area contributed by atoms with Gasteiger partial charge in [-0.1, -0.05) is 71.2 Å². The van der Waals surface area contributed by atoms with Crippen molar-refractivity contribution >= 4 is 75.0 Å². The Bertz CT molecular complexity index is 2530. The van der Waals surface area contributed by atoms with Gasteiger partial charge in [-0.2, -0.15) is 0 Å². The van der Waals surface area contributed by atoms with E-state index in [0.29, 0.717) is 62.9 Å². The number of carboxylic acid groups (broad SMARTS) is 1. The number of likely N-dealkylation sites (tertiary alicyclic amines) is 1. The number of hydrogen-bond acceptors (Lipinski definition) is 6. The van der Waals surface area contributed by atoms with Crippen LogP contribution in [0, 0.1) is 0 Å². The van der Waals surface area contributed by atoms with Gasteiger partial charge in [-0.25, -0.2) is 14.8 Å². The average molecular weight is 795 g/mol. The lowest BCUT2D eigenvalue weighted by Crippen LogP contribution is -2.49. The van der Waals surface area contributed by atoms with Crippen LogP contribution in [-0.4, -0.2) is 73.0 Å². The van der Waals surface area contributed by atoms with Crippen molar-refractivity contribution in [3.05, 3.63) is 117 Å². The van der Waals surface area contributed by atoms with Crippen molar-refractivity contribution in [1.82, 2.24) is 24.4 Å². The number of H-pyrrole nitrogens is 1. The number of imidazole rings is 1. The van der Waals surface area contributed by atoms with E-state index in [1.807, 2.05) is 56.8 Å². The first-order valence-electron chi connectivity index (χ1n) is 18.2. The summed E-state index contributed by atoms with van der Waals surface area (Å²) < 4.78 is 2.00. The molecule has 11 nitrogen and oxygen atoms in total. The van der Waals surface area contributed by atoms with Gasteiger partial charge in [0.15, 0.2) is 5.82 Å². The number of pyridine rings is 1. The Morgan fingerprint density at radius 2 is 1.69 bits per heavy atom. The number of halogens is 3. The number of carbonyl (C=O) groups is 3. The van der Waals surface area contributed by atoms with Crippen molar-refractivity contribution in [2.45, 2.75) is 44.2 Å². The normalized spacial score (nSPS) is 17.1. The Morgan fingerprint density at radius 1 is 0.891 bits per heavy atom. The van der Waals surface area contributed by atoms with Gasteiger partial charge in [-0.05, 0) is 67.1 Å². The molecule has 3 aromatic carbocycles. The lowest BCUT2D eigenvalue weighted by atomic mass is 9.87. The van der Waals surface area contributed by atoms with Gasteiger partial charge in [0, 0.05) is 75.4 Å². The molecule has 0 bridgehead atoms. The van der Waals surface area contributed by atoms with E-state index in [2.05, 4.69) is 15.3 Å². The molecule has 0 saturated carbocycles. The van der Waals surface area contributed by atoms with Crippen molar-refractivity contribution in [2.75, 3.05) is 29.9 Å². The quantitative estimate of drug-likeness (QED) is 0.147. The summed E-state index contributed by atoms with van der Waals surface area (Å²) in [5.74, 6) is -1.00. The van der Waals surface area contributed by atoms with Crippen LogP contribution >= 0.6 is 34.8 Å². The van der Waals surface area contributed by atoms with Gasteiger partial charge in [0.1, 0.15) is 5.69 Å². The number of carboxylic acids is 1. The van der Waals surface area contributed by atoms with E-state index in [1.54, 1.807) is 24.5 Å². The van der Waals surface area contributed by atoms with E-state index in [4.69, 9.17) is 39.8 Å². The minimum Gasteiger partial charge on any atom is -0.478 e. The number of nitrogens with one attached hydrogen (secondary N) is 2. The highest BCUT2D eigenvalue weighted by Gasteiger charge is 2.37. The lowest BCUT2D eigenvalue weighted by Gasteiger charge is -2.40. The molecule has 3 aliphatic rings. The number of benzene rings is 3. The molecule has 2 saturated heterocycles. The molecule has 3 aliphatic heterocycles. The fourth-order valence-electron chi connectivity index (χ4n) is 8.46. The maximum absolute atomic E-state index is 14.7. The van der Waals surface area contributed by atoms with Crippen molar-refractivity contribution in [3.63, 3.8) is 0 Å². The highest BCUT2D eigenvalue weighted by atomic mass is 35.5. The molecule has 0 aliphatic carbocycles. The summed E-state index contributed by atoms with van der Waals surface area (Å²) in [5.41, 5.74) is 5.50. The first-order chi connectivity index (χ1) is 26.7. The highest BCUT2D eigenvalue weighted by Crippen LogP contribution is 2.51. The first-order valence-corrected chi connectivity index (χ1v) is 19.3. The Balaban J connectivity index is 1.15. The molecule has 6 aromatic rings. The fourth-order valence-corrected chi connectivity index (χ4v) is 9.20. The number of nitrogens with zero attached hydrogens (tertiary/aromatic N) is 5. The van der Waals surface area contributed by atoms with E-state index in [-0.39, 0.29) is 28.9 Å². The Kier molecular flexibility index (Phi) is 9.03. The van der Waals surface area contributed by atoms with Crippen LogP contribution in [0.25, 0.3) is 33.4 Å². The van der Waals surface area contributed by atoms with Crippen molar-refractivity contribution in [2.24, 2.45) is 0 Å². The summed E-state index contributed by atoms with van der Waals surface area (Å²) in [6, 6.07) is 19.9. The molecule has 3 N–H and O–H groups in total. The molecular weight excluding hydrogens is 761 g/mol. The van der Waals surface area contributed by atoms with Crippen LogP contribution in [0.2, 0.25) is 15.1 Å². The molecule has 1 atom stereocenters. The van der Waals surface area contributed by atoms with Crippen molar-refractivity contribution in [3.8, 4) is 22.5 Å². The van der Waals surface area contributed by atoms with E-state index in [9.17, 15) is 19.5 Å². The molecule has 9 rings (SSSR count). The summed E-state index contributed by atoms with van der Waals surface area (Å²) in [6.45, 7) is 1.95. The maximum Gasteiger partial charge on any atom is 0.337 e. The molecular formula is C41H34Cl3N7O4. The summed E-state index contributed by atoms with van der Waals surface area (Å²) >= 11 is 20.0. The topological polar surface area (TPSA) is 136 Å². The van der Waals surface area contributed by atoms with Crippen LogP contribution in [-0.2, 0) is 4.79 Å². The predicted octanol–water partition coefficient (Wildman–Crippen LogP) is 8.94. The predicted molar refractivity (Wildman–Crippen MR) is 214 cm³/mol. The second-order valence-electron chi connectivity index (χ2n) is 14.2. The highest BCUT2D eigenvalue weighted by molar-refractivity contribution is 6.35. The SMILES string of the molecule is O=C(O)c1cnc(N2CCC(N3CCCCC3=O)CC2)c(NC(=O)c2[nH]c3cc(Cl)cc4c3c2-c2c(-c3ccccc3)ncn2C4c2ccc(Cl)cc2Cl)c1. The molecule has 6 heterocycles. The minimum absolute atomic E-state index is 0.0629. The molecule has 0 radical (unpaired) electrons. The van der Waals surface area contributed by atoms with E-state index >= 15 is 0 Å². The largest absolute Gasteiger partial charge is 0.478 e. The molecule has 14 heteroatoms. The number of piperidine rings is 2. The zero-order valence-electron chi connectivity index (χ0n) is 29.4. The Labute approximate surface area is 330 Å². The Morgan fingerprint density at radius 3 is 2.44 bits per heavy atom. The van der Waals surface area contributed by atoms with Crippen LogP contribution < -0.4 is 10.2 Å². The number of anilines is 2. The second kappa shape index (κ2) is 14.1.